The number of rotatable bonds is 9. The molecule has 108 valence electrons. The largest absolute Gasteiger partial charge is 0.382 e. The number of hydrogen-bond donors (Lipinski definition) is 1. The molecule has 4 atom stereocenters. The lowest BCUT2D eigenvalue weighted by Crippen LogP contribution is -2.60. The van der Waals surface area contributed by atoms with Crippen LogP contribution in [0.1, 0.15) is 33.6 Å². The molecule has 0 radical (unpaired) electrons. The van der Waals surface area contributed by atoms with E-state index < -0.39 is 0 Å². The second-order valence-corrected chi connectivity index (χ2v) is 5.57. The Bertz CT molecular complexity index is 223. The first-order chi connectivity index (χ1) is 8.58. The lowest BCUT2D eigenvalue weighted by molar-refractivity contribution is -0.169. The number of hydrogen-bond acceptors (Lipinski definition) is 4. The van der Waals surface area contributed by atoms with Crippen LogP contribution in [-0.4, -0.2) is 51.7 Å². The summed E-state index contributed by atoms with van der Waals surface area (Å²) in [6, 6.07) is 0.415. The normalized spacial score (nSPS) is 29.3. The summed E-state index contributed by atoms with van der Waals surface area (Å²) in [5.41, 5.74) is 0. The molecule has 1 rings (SSSR count). The molecule has 0 aliphatic heterocycles. The van der Waals surface area contributed by atoms with Crippen LogP contribution in [0.2, 0.25) is 0 Å². The average molecular weight is 259 g/mol. The van der Waals surface area contributed by atoms with Gasteiger partial charge in [0.1, 0.15) is 0 Å². The average Bonchev–Trinajstić information content (AvgIpc) is 2.28. The van der Waals surface area contributed by atoms with Gasteiger partial charge in [-0.2, -0.15) is 0 Å². The van der Waals surface area contributed by atoms with Crippen LogP contribution in [0.15, 0.2) is 0 Å². The summed E-state index contributed by atoms with van der Waals surface area (Å²) in [6.07, 6.45) is 2.84. The zero-order valence-electron chi connectivity index (χ0n) is 12.4. The van der Waals surface area contributed by atoms with Crippen LogP contribution in [0.5, 0.6) is 0 Å². The highest BCUT2D eigenvalue weighted by Gasteiger charge is 2.42. The smallest absolute Gasteiger partial charge is 0.0991 e. The van der Waals surface area contributed by atoms with Gasteiger partial charge in [0, 0.05) is 13.2 Å². The van der Waals surface area contributed by atoms with Crippen molar-refractivity contribution in [3.05, 3.63) is 0 Å². The van der Waals surface area contributed by atoms with Crippen molar-refractivity contribution in [2.24, 2.45) is 5.92 Å². The van der Waals surface area contributed by atoms with Crippen molar-refractivity contribution in [1.29, 1.82) is 0 Å². The summed E-state index contributed by atoms with van der Waals surface area (Å²) in [4.78, 5) is 0. The third-order valence-corrected chi connectivity index (χ3v) is 3.43. The van der Waals surface area contributed by atoms with E-state index in [-0.39, 0.29) is 12.2 Å². The summed E-state index contributed by atoms with van der Waals surface area (Å²) in [5.74, 6) is 0.674. The molecular formula is C14H29NO3. The maximum Gasteiger partial charge on any atom is 0.0991 e. The zero-order valence-corrected chi connectivity index (χ0v) is 12.4. The van der Waals surface area contributed by atoms with E-state index >= 15 is 0 Å². The fraction of sp³-hybridized carbons (Fsp3) is 1.00. The monoisotopic (exact) mass is 259 g/mol. The Balaban J connectivity index is 2.31. The van der Waals surface area contributed by atoms with E-state index in [9.17, 15) is 0 Å². The lowest BCUT2D eigenvalue weighted by Gasteiger charge is -2.45. The van der Waals surface area contributed by atoms with Crippen molar-refractivity contribution >= 4 is 0 Å². The van der Waals surface area contributed by atoms with Crippen LogP contribution in [0, 0.1) is 5.92 Å². The predicted octanol–water partition coefficient (Wildman–Crippen LogP) is 1.83. The molecule has 0 saturated heterocycles. The molecule has 0 amide bonds. The van der Waals surface area contributed by atoms with Crippen LogP contribution < -0.4 is 5.32 Å². The summed E-state index contributed by atoms with van der Waals surface area (Å²) < 4.78 is 16.9. The maximum atomic E-state index is 6.07. The van der Waals surface area contributed by atoms with Crippen LogP contribution in [0.4, 0.5) is 0 Å². The third-order valence-electron chi connectivity index (χ3n) is 3.43. The Morgan fingerprint density at radius 2 is 1.94 bits per heavy atom. The van der Waals surface area contributed by atoms with Crippen LogP contribution in [0.3, 0.4) is 0 Å². The summed E-state index contributed by atoms with van der Waals surface area (Å²) >= 11 is 0. The van der Waals surface area contributed by atoms with E-state index in [1.54, 1.807) is 7.11 Å². The Hall–Kier alpha value is -0.160. The van der Waals surface area contributed by atoms with Gasteiger partial charge in [0.05, 0.1) is 31.5 Å². The molecule has 18 heavy (non-hydrogen) atoms. The Morgan fingerprint density at radius 3 is 2.50 bits per heavy atom. The first-order valence-electron chi connectivity index (χ1n) is 7.01. The molecule has 4 heteroatoms. The minimum atomic E-state index is 0.166. The third kappa shape index (κ3) is 4.84. The highest BCUT2D eigenvalue weighted by Crippen LogP contribution is 2.29. The topological polar surface area (TPSA) is 39.7 Å². The van der Waals surface area contributed by atoms with E-state index in [4.69, 9.17) is 14.2 Å². The molecule has 0 spiro atoms. The summed E-state index contributed by atoms with van der Waals surface area (Å²) in [5, 5.41) is 3.28. The first kappa shape index (κ1) is 15.9. The van der Waals surface area contributed by atoms with E-state index in [1.807, 2.05) is 7.05 Å². The number of methoxy groups -OCH3 is 1. The Morgan fingerprint density at radius 1 is 1.22 bits per heavy atom. The molecule has 0 aromatic rings. The molecule has 1 aliphatic carbocycles. The van der Waals surface area contributed by atoms with Crippen molar-refractivity contribution in [2.45, 2.75) is 58.0 Å². The zero-order chi connectivity index (χ0) is 13.5. The molecular weight excluding hydrogens is 230 g/mol. The minimum absolute atomic E-state index is 0.166. The van der Waals surface area contributed by atoms with Gasteiger partial charge < -0.3 is 19.5 Å². The van der Waals surface area contributed by atoms with Crippen molar-refractivity contribution in [3.63, 3.8) is 0 Å². The molecule has 1 N–H and O–H groups in total. The fourth-order valence-corrected chi connectivity index (χ4v) is 2.51. The van der Waals surface area contributed by atoms with E-state index in [0.29, 0.717) is 31.3 Å². The molecule has 0 aromatic carbocycles. The highest BCUT2D eigenvalue weighted by molar-refractivity contribution is 4.97. The van der Waals surface area contributed by atoms with Crippen molar-refractivity contribution in [1.82, 2.24) is 5.32 Å². The second kappa shape index (κ2) is 8.10. The van der Waals surface area contributed by atoms with Crippen molar-refractivity contribution in [3.8, 4) is 0 Å². The quantitative estimate of drug-likeness (QED) is 0.641. The van der Waals surface area contributed by atoms with E-state index in [0.717, 1.165) is 12.8 Å². The van der Waals surface area contributed by atoms with Gasteiger partial charge in [-0.15, -0.1) is 0 Å². The fourth-order valence-electron chi connectivity index (χ4n) is 2.51. The van der Waals surface area contributed by atoms with Gasteiger partial charge in [-0.3, -0.25) is 0 Å². The molecule has 4 nitrogen and oxygen atoms in total. The predicted molar refractivity (Wildman–Crippen MR) is 72.9 cm³/mol. The lowest BCUT2D eigenvalue weighted by atomic mass is 9.85. The Labute approximate surface area is 111 Å². The summed E-state index contributed by atoms with van der Waals surface area (Å²) in [7, 11) is 3.67. The van der Waals surface area contributed by atoms with E-state index in [1.165, 1.54) is 0 Å². The van der Waals surface area contributed by atoms with Gasteiger partial charge in [0.2, 0.25) is 0 Å². The van der Waals surface area contributed by atoms with Gasteiger partial charge in [0.15, 0.2) is 0 Å². The van der Waals surface area contributed by atoms with E-state index in [2.05, 4.69) is 26.1 Å². The highest BCUT2D eigenvalue weighted by atomic mass is 16.6. The van der Waals surface area contributed by atoms with Gasteiger partial charge in [0.25, 0.3) is 0 Å². The Kier molecular flexibility index (Phi) is 7.15. The molecule has 1 saturated carbocycles. The molecule has 0 heterocycles. The van der Waals surface area contributed by atoms with Gasteiger partial charge >= 0.3 is 0 Å². The van der Waals surface area contributed by atoms with Gasteiger partial charge in [-0.1, -0.05) is 13.8 Å². The molecule has 0 bridgehead atoms. The minimum Gasteiger partial charge on any atom is -0.382 e. The molecule has 4 unspecified atom stereocenters. The van der Waals surface area contributed by atoms with Crippen LogP contribution >= 0.6 is 0 Å². The standard InChI is InChI=1S/C14H29NO3/c1-10(2)8-11(3)18-13-9-12(15-4)14(13)17-7-6-16-5/h10-15H,6-9H2,1-5H3. The second-order valence-electron chi connectivity index (χ2n) is 5.57. The molecule has 1 fully saturated rings. The number of ether oxygens (including phenoxy) is 3. The maximum absolute atomic E-state index is 6.07. The first-order valence-corrected chi connectivity index (χ1v) is 7.01. The SMILES string of the molecule is CNC1CC(OC(C)CC(C)C)C1OCCOC. The van der Waals surface area contributed by atoms with Crippen LogP contribution in [0.25, 0.3) is 0 Å². The number of likely N-dealkylation sites (N-methyl/N-ethyl adjacent to an activating group) is 1. The van der Waals surface area contributed by atoms with Crippen LogP contribution in [-0.2, 0) is 14.2 Å². The molecule has 0 aromatic heterocycles. The van der Waals surface area contributed by atoms with Gasteiger partial charge in [-0.25, -0.2) is 0 Å². The number of nitrogens with one attached hydrogen (secondary N) is 1. The summed E-state index contributed by atoms with van der Waals surface area (Å²) in [6.45, 7) is 7.88. The van der Waals surface area contributed by atoms with Crippen molar-refractivity contribution < 1.29 is 14.2 Å². The molecule has 1 aliphatic rings. The van der Waals surface area contributed by atoms with Crippen molar-refractivity contribution in [2.75, 3.05) is 27.4 Å². The van der Waals surface area contributed by atoms with Gasteiger partial charge in [-0.05, 0) is 32.7 Å².